The van der Waals surface area contributed by atoms with Gasteiger partial charge in [-0.05, 0) is 42.8 Å². The minimum Gasteiger partial charge on any atom is -0.467 e. The van der Waals surface area contributed by atoms with Gasteiger partial charge in [0.05, 0.1) is 34.4 Å². The Kier molecular flexibility index (Phi) is 6.04. The number of hydrogen-bond donors (Lipinski definition) is 1. The number of fused-ring (bicyclic) bond motifs is 1. The lowest BCUT2D eigenvalue weighted by Crippen LogP contribution is -2.24. The summed E-state index contributed by atoms with van der Waals surface area (Å²) in [6.07, 6.45) is 1.53. The largest absolute Gasteiger partial charge is 0.467 e. The van der Waals surface area contributed by atoms with E-state index in [-0.39, 0.29) is 29.5 Å². The minimum atomic E-state index is -0.488. The highest BCUT2D eigenvalue weighted by Gasteiger charge is 2.15. The number of non-ortho nitro benzene ring substituents is 1. The van der Waals surface area contributed by atoms with Gasteiger partial charge in [0.15, 0.2) is 5.16 Å². The Morgan fingerprint density at radius 1 is 1.22 bits per heavy atom. The molecule has 0 atom stereocenters. The number of carbonyl (C=O) groups is 1. The van der Waals surface area contributed by atoms with Crippen LogP contribution in [0.1, 0.15) is 11.3 Å². The van der Waals surface area contributed by atoms with E-state index in [1.54, 1.807) is 43.3 Å². The molecule has 0 saturated heterocycles. The SMILES string of the molecule is Cc1cc([N+](=O)[O-])ccc1NC(=O)CSc1nc2ccccc2c(=O)n1Cc1ccco1. The third-order valence-corrected chi connectivity index (χ3v) is 5.72. The summed E-state index contributed by atoms with van der Waals surface area (Å²) in [6, 6.07) is 14.8. The third-order valence-electron chi connectivity index (χ3n) is 4.75. The first-order chi connectivity index (χ1) is 15.4. The Morgan fingerprint density at radius 2 is 2.03 bits per heavy atom. The summed E-state index contributed by atoms with van der Waals surface area (Å²) < 4.78 is 6.86. The van der Waals surface area contributed by atoms with E-state index in [9.17, 15) is 19.7 Å². The fraction of sp³-hybridized carbons (Fsp3) is 0.136. The second-order valence-corrected chi connectivity index (χ2v) is 7.92. The minimum absolute atomic E-state index is 0.000632. The zero-order chi connectivity index (χ0) is 22.7. The van der Waals surface area contributed by atoms with Crippen molar-refractivity contribution in [3.8, 4) is 0 Å². The zero-order valence-electron chi connectivity index (χ0n) is 17.0. The number of thioether (sulfide) groups is 1. The number of nitro groups is 1. The molecule has 0 unspecified atom stereocenters. The Balaban J connectivity index is 1.56. The normalized spacial score (nSPS) is 10.9. The molecule has 0 saturated carbocycles. The fourth-order valence-corrected chi connectivity index (χ4v) is 3.97. The lowest BCUT2D eigenvalue weighted by atomic mass is 10.2. The number of anilines is 1. The molecule has 0 radical (unpaired) electrons. The maximum atomic E-state index is 13.1. The molecule has 0 aliphatic carbocycles. The van der Waals surface area contributed by atoms with Gasteiger partial charge >= 0.3 is 0 Å². The number of benzene rings is 2. The molecule has 4 aromatic rings. The van der Waals surface area contributed by atoms with E-state index < -0.39 is 4.92 Å². The van der Waals surface area contributed by atoms with Crippen molar-refractivity contribution in [3.63, 3.8) is 0 Å². The van der Waals surface area contributed by atoms with Gasteiger partial charge in [-0.15, -0.1) is 0 Å². The van der Waals surface area contributed by atoms with Crippen molar-refractivity contribution < 1.29 is 14.1 Å². The molecule has 0 aliphatic rings. The Labute approximate surface area is 186 Å². The first-order valence-electron chi connectivity index (χ1n) is 9.62. The number of carbonyl (C=O) groups excluding carboxylic acids is 1. The van der Waals surface area contributed by atoms with E-state index in [1.807, 2.05) is 0 Å². The number of para-hydroxylation sites is 1. The Hall–Kier alpha value is -3.92. The molecular weight excluding hydrogens is 432 g/mol. The maximum absolute atomic E-state index is 13.1. The number of nitrogens with zero attached hydrogens (tertiary/aromatic N) is 3. The lowest BCUT2D eigenvalue weighted by molar-refractivity contribution is -0.384. The summed E-state index contributed by atoms with van der Waals surface area (Å²) in [5, 5.41) is 14.5. The fourth-order valence-electron chi connectivity index (χ4n) is 3.17. The van der Waals surface area contributed by atoms with E-state index in [1.165, 1.54) is 29.0 Å². The molecule has 0 bridgehead atoms. The van der Waals surface area contributed by atoms with E-state index in [0.29, 0.717) is 33.1 Å². The quantitative estimate of drug-likeness (QED) is 0.196. The van der Waals surface area contributed by atoms with Gasteiger partial charge in [0.25, 0.3) is 11.2 Å². The van der Waals surface area contributed by atoms with Crippen molar-refractivity contribution in [2.45, 2.75) is 18.6 Å². The molecule has 1 N–H and O–H groups in total. The van der Waals surface area contributed by atoms with Crippen molar-refractivity contribution >= 4 is 39.9 Å². The highest BCUT2D eigenvalue weighted by molar-refractivity contribution is 7.99. The summed E-state index contributed by atoms with van der Waals surface area (Å²) in [5.74, 6) is 0.273. The van der Waals surface area contributed by atoms with Crippen LogP contribution >= 0.6 is 11.8 Å². The summed E-state index contributed by atoms with van der Waals surface area (Å²) in [5.41, 5.74) is 1.34. The topological polar surface area (TPSA) is 120 Å². The number of nitro benzene ring substituents is 1. The molecule has 2 aromatic heterocycles. The van der Waals surface area contributed by atoms with E-state index in [0.717, 1.165) is 11.8 Å². The number of nitrogens with one attached hydrogen (secondary N) is 1. The molecule has 32 heavy (non-hydrogen) atoms. The van der Waals surface area contributed by atoms with Crippen molar-refractivity contribution in [1.29, 1.82) is 0 Å². The molecule has 2 heterocycles. The van der Waals surface area contributed by atoms with E-state index in [4.69, 9.17) is 4.42 Å². The maximum Gasteiger partial charge on any atom is 0.269 e. The molecule has 162 valence electrons. The van der Waals surface area contributed by atoms with Gasteiger partial charge in [-0.2, -0.15) is 0 Å². The van der Waals surface area contributed by atoms with Gasteiger partial charge in [0.1, 0.15) is 5.76 Å². The van der Waals surface area contributed by atoms with Crippen LogP contribution in [-0.4, -0.2) is 26.1 Å². The van der Waals surface area contributed by atoms with Crippen LogP contribution < -0.4 is 10.9 Å². The van der Waals surface area contributed by atoms with Gasteiger partial charge < -0.3 is 9.73 Å². The van der Waals surface area contributed by atoms with Crippen LogP contribution in [0.25, 0.3) is 10.9 Å². The van der Waals surface area contributed by atoms with Gasteiger partial charge in [-0.25, -0.2) is 4.98 Å². The number of amides is 1. The number of furan rings is 1. The molecule has 9 nitrogen and oxygen atoms in total. The average molecular weight is 450 g/mol. The standard InChI is InChI=1S/C22H18N4O5S/c1-14-11-15(26(29)30)8-9-18(14)23-20(27)13-32-22-24-19-7-3-2-6-17(19)21(28)25(22)12-16-5-4-10-31-16/h2-11H,12-13H2,1H3,(H,23,27). The average Bonchev–Trinajstić information content (AvgIpc) is 3.29. The molecular formula is C22H18N4O5S. The Morgan fingerprint density at radius 3 is 2.75 bits per heavy atom. The van der Waals surface area contributed by atoms with Crippen LogP contribution in [0, 0.1) is 17.0 Å². The third kappa shape index (κ3) is 4.54. The van der Waals surface area contributed by atoms with E-state index in [2.05, 4.69) is 10.3 Å². The number of hydrogen-bond acceptors (Lipinski definition) is 7. The van der Waals surface area contributed by atoms with Gasteiger partial charge in [0, 0.05) is 17.8 Å². The van der Waals surface area contributed by atoms with Crippen LogP contribution in [0.5, 0.6) is 0 Å². The number of aromatic nitrogens is 2. The zero-order valence-corrected chi connectivity index (χ0v) is 17.8. The molecule has 0 fully saturated rings. The second-order valence-electron chi connectivity index (χ2n) is 6.98. The smallest absolute Gasteiger partial charge is 0.269 e. The highest BCUT2D eigenvalue weighted by Crippen LogP contribution is 2.23. The van der Waals surface area contributed by atoms with Gasteiger partial charge in [-0.3, -0.25) is 24.3 Å². The second kappa shape index (κ2) is 9.06. The lowest BCUT2D eigenvalue weighted by Gasteiger charge is -2.12. The highest BCUT2D eigenvalue weighted by atomic mass is 32.2. The van der Waals surface area contributed by atoms with Crippen LogP contribution in [-0.2, 0) is 11.3 Å². The monoisotopic (exact) mass is 450 g/mol. The molecule has 10 heteroatoms. The molecule has 1 amide bonds. The molecule has 0 aliphatic heterocycles. The first kappa shape index (κ1) is 21.3. The van der Waals surface area contributed by atoms with Crippen LogP contribution in [0.4, 0.5) is 11.4 Å². The van der Waals surface area contributed by atoms with Crippen LogP contribution in [0.15, 0.2) is 75.2 Å². The predicted molar refractivity (Wildman–Crippen MR) is 121 cm³/mol. The summed E-state index contributed by atoms with van der Waals surface area (Å²) in [4.78, 5) is 40.6. The summed E-state index contributed by atoms with van der Waals surface area (Å²) >= 11 is 1.13. The van der Waals surface area contributed by atoms with Crippen molar-refractivity contribution in [2.24, 2.45) is 0 Å². The summed E-state index contributed by atoms with van der Waals surface area (Å²) in [7, 11) is 0. The molecule has 0 spiro atoms. The first-order valence-corrected chi connectivity index (χ1v) is 10.6. The predicted octanol–water partition coefficient (Wildman–Crippen LogP) is 3.99. The molecule has 4 rings (SSSR count). The Bertz CT molecular complexity index is 1360. The van der Waals surface area contributed by atoms with Crippen molar-refractivity contribution in [1.82, 2.24) is 9.55 Å². The summed E-state index contributed by atoms with van der Waals surface area (Å²) in [6.45, 7) is 1.87. The van der Waals surface area contributed by atoms with Crippen LogP contribution in [0.2, 0.25) is 0 Å². The number of aryl methyl sites for hydroxylation is 1. The van der Waals surface area contributed by atoms with Gasteiger partial charge in [0.2, 0.25) is 5.91 Å². The van der Waals surface area contributed by atoms with Crippen molar-refractivity contribution in [3.05, 3.63) is 92.7 Å². The van der Waals surface area contributed by atoms with Crippen LogP contribution in [0.3, 0.4) is 0 Å². The van der Waals surface area contributed by atoms with E-state index >= 15 is 0 Å². The number of rotatable bonds is 7. The molecule has 2 aromatic carbocycles. The van der Waals surface area contributed by atoms with Crippen molar-refractivity contribution in [2.75, 3.05) is 11.1 Å². The van der Waals surface area contributed by atoms with Gasteiger partial charge in [-0.1, -0.05) is 23.9 Å².